The van der Waals surface area contributed by atoms with Crippen LogP contribution >= 0.6 is 0 Å². The van der Waals surface area contributed by atoms with Crippen LogP contribution in [0, 0.1) is 24.7 Å². The van der Waals surface area contributed by atoms with Crippen molar-refractivity contribution in [2.24, 2.45) is 11.8 Å². The van der Waals surface area contributed by atoms with Crippen molar-refractivity contribution in [3.8, 4) is 0 Å². The number of hydrogen-bond donors (Lipinski definition) is 0. The van der Waals surface area contributed by atoms with Gasteiger partial charge in [-0.15, -0.1) is 25.0 Å². The summed E-state index contributed by atoms with van der Waals surface area (Å²) in [6, 6.07) is 0. The molecule has 4 rings (SSSR count). The molecule has 0 spiro atoms. The fraction of sp³-hybridized carbons (Fsp3) is 0.500. The number of allylic oxidation sites excluding steroid dienone is 8. The summed E-state index contributed by atoms with van der Waals surface area (Å²) < 4.78 is 0. The normalized spacial score (nSPS) is 26.3. The molecule has 124 valence electrons. The summed E-state index contributed by atoms with van der Waals surface area (Å²) in [6.45, 7) is 4.46. The molecule has 0 aromatic rings. The summed E-state index contributed by atoms with van der Waals surface area (Å²) in [5.41, 5.74) is 6.27. The van der Waals surface area contributed by atoms with Crippen molar-refractivity contribution in [2.75, 3.05) is 0 Å². The molecular formula is C20H26Cl2Zr. The molecule has 4 aliphatic carbocycles. The molecule has 0 aliphatic heterocycles. The summed E-state index contributed by atoms with van der Waals surface area (Å²) >= 11 is 0. The number of rotatable bonds is 0. The third kappa shape index (κ3) is 6.19. The monoisotopic (exact) mass is 426 g/mol. The molecular weight excluding hydrogens is 402 g/mol. The van der Waals surface area contributed by atoms with E-state index < -0.39 is 0 Å². The maximum atomic E-state index is 2.38. The third-order valence-corrected chi connectivity index (χ3v) is 4.99. The predicted molar refractivity (Wildman–Crippen MR) is 87.0 cm³/mol. The molecule has 0 nitrogen and oxygen atoms in total. The van der Waals surface area contributed by atoms with Crippen molar-refractivity contribution in [3.63, 3.8) is 0 Å². The molecule has 23 heavy (non-hydrogen) atoms. The molecule has 2 unspecified atom stereocenters. The van der Waals surface area contributed by atoms with Crippen LogP contribution in [-0.2, 0) is 26.2 Å². The summed E-state index contributed by atoms with van der Waals surface area (Å²) in [4.78, 5) is 0. The minimum Gasteiger partial charge on any atom is -1.00 e. The first kappa shape index (κ1) is 23.2. The molecule has 0 bridgehead atoms. The Morgan fingerprint density at radius 3 is 1.52 bits per heavy atom. The first-order chi connectivity index (χ1) is 9.72. The van der Waals surface area contributed by atoms with E-state index in [2.05, 4.69) is 51.0 Å². The van der Waals surface area contributed by atoms with Gasteiger partial charge in [-0.2, -0.15) is 0 Å². The minimum absolute atomic E-state index is 0. The number of halogens is 2. The molecule has 0 heterocycles. The van der Waals surface area contributed by atoms with Gasteiger partial charge in [-0.05, 0) is 38.5 Å². The van der Waals surface area contributed by atoms with Crippen LogP contribution in [0.25, 0.3) is 0 Å². The summed E-state index contributed by atoms with van der Waals surface area (Å²) in [5, 5.41) is 0. The van der Waals surface area contributed by atoms with E-state index in [1.54, 1.807) is 22.3 Å². The van der Waals surface area contributed by atoms with E-state index in [4.69, 9.17) is 0 Å². The van der Waals surface area contributed by atoms with Crippen LogP contribution in [0.2, 0.25) is 0 Å². The van der Waals surface area contributed by atoms with Crippen molar-refractivity contribution in [1.29, 1.82) is 0 Å². The zero-order chi connectivity index (χ0) is 13.9. The molecule has 3 heteroatoms. The van der Waals surface area contributed by atoms with Gasteiger partial charge in [-0.1, -0.05) is 24.0 Å². The molecule has 2 atom stereocenters. The zero-order valence-corrected chi connectivity index (χ0v) is 18.1. The molecule has 4 aliphatic rings. The largest absolute Gasteiger partial charge is 4.00 e. The Bertz CT molecular complexity index is 454. The van der Waals surface area contributed by atoms with Gasteiger partial charge < -0.3 is 24.8 Å². The Kier molecular flexibility index (Phi) is 11.0. The maximum absolute atomic E-state index is 2.38. The van der Waals surface area contributed by atoms with Crippen LogP contribution in [-0.4, -0.2) is 0 Å². The van der Waals surface area contributed by atoms with Crippen LogP contribution in [0.4, 0.5) is 0 Å². The summed E-state index contributed by atoms with van der Waals surface area (Å²) in [7, 11) is 0. The first-order valence-electron chi connectivity index (χ1n) is 8.13. The van der Waals surface area contributed by atoms with E-state index in [0.29, 0.717) is 0 Å². The van der Waals surface area contributed by atoms with Gasteiger partial charge in [0.25, 0.3) is 0 Å². The van der Waals surface area contributed by atoms with Gasteiger partial charge >= 0.3 is 26.2 Å². The molecule has 0 saturated heterocycles. The maximum Gasteiger partial charge on any atom is 4.00 e. The van der Waals surface area contributed by atoms with Crippen molar-refractivity contribution in [3.05, 3.63) is 59.4 Å². The SMILES string of the molecule is CC1=CC=C2[CH-]CCC2C1.CC1=CC=C2[CH-]CCC2C1.[Cl-].[Cl-].[Zr+4]. The third-order valence-electron chi connectivity index (χ3n) is 4.99. The zero-order valence-electron chi connectivity index (χ0n) is 14.1. The van der Waals surface area contributed by atoms with E-state index >= 15 is 0 Å². The second-order valence-corrected chi connectivity index (χ2v) is 6.72. The van der Waals surface area contributed by atoms with E-state index in [-0.39, 0.29) is 51.0 Å². The Morgan fingerprint density at radius 2 is 1.13 bits per heavy atom. The van der Waals surface area contributed by atoms with Crippen LogP contribution in [0.3, 0.4) is 0 Å². The van der Waals surface area contributed by atoms with Crippen molar-refractivity contribution in [2.45, 2.75) is 52.4 Å². The Labute approximate surface area is 173 Å². The van der Waals surface area contributed by atoms with E-state index in [1.807, 2.05) is 0 Å². The molecule has 0 N–H and O–H groups in total. The van der Waals surface area contributed by atoms with Crippen LogP contribution in [0.15, 0.2) is 46.6 Å². The average Bonchev–Trinajstić information content (AvgIpc) is 3.06. The van der Waals surface area contributed by atoms with Gasteiger partial charge in [-0.25, -0.2) is 36.1 Å². The van der Waals surface area contributed by atoms with Crippen LogP contribution < -0.4 is 24.8 Å². The van der Waals surface area contributed by atoms with E-state index in [1.165, 1.54) is 38.5 Å². The van der Waals surface area contributed by atoms with Gasteiger partial charge in [0, 0.05) is 0 Å². The van der Waals surface area contributed by atoms with E-state index in [0.717, 1.165) is 11.8 Å². The quantitative estimate of drug-likeness (QED) is 0.468. The fourth-order valence-corrected chi connectivity index (χ4v) is 3.81. The minimum atomic E-state index is 0. The van der Waals surface area contributed by atoms with Gasteiger partial charge in [0.1, 0.15) is 0 Å². The van der Waals surface area contributed by atoms with E-state index in [9.17, 15) is 0 Å². The predicted octanol–water partition coefficient (Wildman–Crippen LogP) is -0.240. The molecule has 0 radical (unpaired) electrons. The second kappa shape index (κ2) is 10.9. The molecule has 2 fully saturated rings. The fourth-order valence-electron chi connectivity index (χ4n) is 3.81. The molecule has 0 aromatic heterocycles. The summed E-state index contributed by atoms with van der Waals surface area (Å²) in [5.74, 6) is 1.76. The van der Waals surface area contributed by atoms with Crippen molar-refractivity contribution < 1.29 is 51.0 Å². The van der Waals surface area contributed by atoms with Gasteiger partial charge in [0.05, 0.1) is 0 Å². The number of hydrogen-bond acceptors (Lipinski definition) is 0. The topological polar surface area (TPSA) is 0 Å². The van der Waals surface area contributed by atoms with Crippen molar-refractivity contribution >= 4 is 0 Å². The smallest absolute Gasteiger partial charge is 1.00 e. The van der Waals surface area contributed by atoms with Crippen molar-refractivity contribution in [1.82, 2.24) is 0 Å². The first-order valence-corrected chi connectivity index (χ1v) is 8.13. The number of fused-ring (bicyclic) bond motifs is 2. The average molecular weight is 429 g/mol. The van der Waals surface area contributed by atoms with Gasteiger partial charge in [0.15, 0.2) is 0 Å². The van der Waals surface area contributed by atoms with Gasteiger partial charge in [0.2, 0.25) is 0 Å². The molecule has 0 aromatic carbocycles. The van der Waals surface area contributed by atoms with Gasteiger partial charge in [-0.3, -0.25) is 0 Å². The Morgan fingerprint density at radius 1 is 0.739 bits per heavy atom. The Hall–Kier alpha value is 0.163. The van der Waals surface area contributed by atoms with Crippen LogP contribution in [0.5, 0.6) is 0 Å². The summed E-state index contributed by atoms with van der Waals surface area (Å²) in [6.07, 6.45) is 21.9. The second-order valence-electron chi connectivity index (χ2n) is 6.72. The standard InChI is InChI=1S/2C10H13.2ClH.Zr/c2*1-8-5-6-9-3-2-4-10(9)7-8;;;/h2*3,5-6,10H,2,4,7H2,1H3;2*1H;/q2*-1;;;+4/p-2. The Balaban J connectivity index is 0.000000372. The molecule has 0 amide bonds. The van der Waals surface area contributed by atoms with Crippen LogP contribution in [0.1, 0.15) is 52.4 Å². The molecule has 2 saturated carbocycles.